The first-order valence-electron chi connectivity index (χ1n) is 19.6. The van der Waals surface area contributed by atoms with Crippen molar-refractivity contribution >= 4 is 99.8 Å². The molecule has 0 aromatic heterocycles. The number of nitrogens with one attached hydrogen (secondary N) is 4. The van der Waals surface area contributed by atoms with Gasteiger partial charge in [-0.15, -0.1) is 0 Å². The molecule has 2 aliphatic rings. The Balaban J connectivity index is 2.19. The van der Waals surface area contributed by atoms with Crippen LogP contribution in [-0.2, 0) is 85.7 Å². The van der Waals surface area contributed by atoms with Crippen LogP contribution in [-0.4, -0.2) is 182 Å². The van der Waals surface area contributed by atoms with Crippen molar-refractivity contribution < 1.29 is 85.7 Å². The molecule has 2 aliphatic heterocycles. The van der Waals surface area contributed by atoms with Gasteiger partial charge in [-0.1, -0.05) is 0 Å². The van der Waals surface area contributed by atoms with E-state index in [-0.39, 0.29) is 29.9 Å². The van der Waals surface area contributed by atoms with E-state index < -0.39 is 122 Å². The number of rotatable bonds is 21. The summed E-state index contributed by atoms with van der Waals surface area (Å²) in [5.74, 6) is -6.06. The zero-order valence-corrected chi connectivity index (χ0v) is 38.8. The van der Waals surface area contributed by atoms with Crippen LogP contribution in [0.1, 0.15) is 55.4 Å². The van der Waals surface area contributed by atoms with Crippen molar-refractivity contribution in [2.45, 2.75) is 117 Å². The van der Waals surface area contributed by atoms with Crippen molar-refractivity contribution in [2.75, 3.05) is 52.5 Å². The van der Waals surface area contributed by atoms with Gasteiger partial charge in [-0.2, -0.15) is 0 Å². The molecule has 0 unspecified atom stereocenters. The lowest BCUT2D eigenvalue weighted by Crippen LogP contribution is -2.67. The molecular weight excluding hydrogens is 913 g/mol. The summed E-state index contributed by atoms with van der Waals surface area (Å²) in [6.45, 7) is 9.90. The fraction of sp³-hybridized carbons (Fsp3) is 0.703. The summed E-state index contributed by atoms with van der Waals surface area (Å²) in [6, 6.07) is 0. The predicted octanol–water partition coefficient (Wildman–Crippen LogP) is -1.51. The fourth-order valence-corrected chi connectivity index (χ4v) is 6.80. The highest BCUT2D eigenvalue weighted by molar-refractivity contribution is 7.80. The molecule has 2 heterocycles. The van der Waals surface area contributed by atoms with Gasteiger partial charge in [0.25, 0.3) is 0 Å². The SMILES string of the molecule is CC(=O)OC[C@H]1O[C@@H](NC(=S)NCCN(CCN=C=S)CCNC(=S)N[C@@H]2O[C@H](COC(C)=O)[C@@H](OC(C)=O)[C@H](OC(C)=O)[C@@H]2OC(C)=O)[C@@H](OC(C)=O)[C@@H](OC(C)=O)[C@@H]1OC(C)=O. The van der Waals surface area contributed by atoms with E-state index in [4.69, 9.17) is 84.0 Å². The van der Waals surface area contributed by atoms with Crippen LogP contribution in [0.25, 0.3) is 0 Å². The Morgan fingerprint density at radius 3 is 1.16 bits per heavy atom. The second-order valence-electron chi connectivity index (χ2n) is 13.9. The molecule has 0 aromatic rings. The Bertz CT molecular complexity index is 1640. The summed E-state index contributed by atoms with van der Waals surface area (Å²) in [7, 11) is 0. The van der Waals surface area contributed by atoms with E-state index in [1.165, 1.54) is 0 Å². The van der Waals surface area contributed by atoms with E-state index in [0.29, 0.717) is 19.6 Å². The molecule has 358 valence electrons. The minimum atomic E-state index is -1.41. The summed E-state index contributed by atoms with van der Waals surface area (Å²) < 4.78 is 54.9. The van der Waals surface area contributed by atoms with Crippen LogP contribution < -0.4 is 21.3 Å². The number of hydrogen-bond acceptors (Lipinski definition) is 23. The van der Waals surface area contributed by atoms with Crippen molar-refractivity contribution in [2.24, 2.45) is 4.99 Å². The number of hydrogen-bond donors (Lipinski definition) is 4. The Hall–Kier alpha value is -5.18. The van der Waals surface area contributed by atoms with E-state index in [9.17, 15) is 38.4 Å². The molecule has 2 saturated heterocycles. The van der Waals surface area contributed by atoms with Crippen LogP contribution in [0.3, 0.4) is 0 Å². The third-order valence-corrected chi connectivity index (χ3v) is 9.20. The lowest BCUT2D eigenvalue weighted by molar-refractivity contribution is -0.255. The molecule has 27 heteroatoms. The topological polar surface area (TPSA) is 293 Å². The summed E-state index contributed by atoms with van der Waals surface area (Å²) >= 11 is 15.8. The number of thiocarbonyl (C=S) groups is 3. The van der Waals surface area contributed by atoms with Crippen molar-refractivity contribution in [3.8, 4) is 0 Å². The maximum atomic E-state index is 12.2. The van der Waals surface area contributed by atoms with Crippen LogP contribution in [0, 0.1) is 0 Å². The Kier molecular flexibility index (Phi) is 23.9. The minimum Gasteiger partial charge on any atom is -0.463 e. The van der Waals surface area contributed by atoms with Gasteiger partial charge < -0.3 is 68.6 Å². The molecule has 0 bridgehead atoms. The molecule has 24 nitrogen and oxygen atoms in total. The van der Waals surface area contributed by atoms with Crippen molar-refractivity contribution in [3.05, 3.63) is 0 Å². The molecule has 0 aromatic carbocycles. The first-order valence-corrected chi connectivity index (χ1v) is 20.8. The number of carbonyl (C=O) groups excluding carboxylic acids is 8. The lowest BCUT2D eigenvalue weighted by Gasteiger charge is -2.44. The highest BCUT2D eigenvalue weighted by Crippen LogP contribution is 2.30. The van der Waals surface area contributed by atoms with Crippen LogP contribution in [0.2, 0.25) is 0 Å². The molecule has 0 aliphatic carbocycles. The van der Waals surface area contributed by atoms with Crippen LogP contribution in [0.4, 0.5) is 0 Å². The number of ether oxygens (including phenoxy) is 10. The Morgan fingerprint density at radius 2 is 0.844 bits per heavy atom. The molecule has 2 rings (SSSR count). The van der Waals surface area contributed by atoms with Gasteiger partial charge in [-0.05, 0) is 36.7 Å². The summed E-state index contributed by atoms with van der Waals surface area (Å²) in [6.07, 6.45) is -13.3. The minimum absolute atomic E-state index is 0.00564. The van der Waals surface area contributed by atoms with Crippen LogP contribution in [0.15, 0.2) is 4.99 Å². The average Bonchev–Trinajstić information content (AvgIpc) is 3.16. The average molecular weight is 967 g/mol. The van der Waals surface area contributed by atoms with Crippen molar-refractivity contribution in [1.82, 2.24) is 26.2 Å². The largest absolute Gasteiger partial charge is 0.463 e. The molecule has 0 spiro atoms. The van der Waals surface area contributed by atoms with Crippen LogP contribution >= 0.6 is 36.7 Å². The van der Waals surface area contributed by atoms with Gasteiger partial charge in [-0.3, -0.25) is 43.3 Å². The van der Waals surface area contributed by atoms with Gasteiger partial charge in [0.2, 0.25) is 0 Å². The Labute approximate surface area is 384 Å². The summed E-state index contributed by atoms with van der Waals surface area (Å²) in [4.78, 5) is 102. The van der Waals surface area contributed by atoms with Gasteiger partial charge >= 0.3 is 47.8 Å². The van der Waals surface area contributed by atoms with E-state index in [2.05, 4.69) is 31.4 Å². The monoisotopic (exact) mass is 966 g/mol. The van der Waals surface area contributed by atoms with Gasteiger partial charge in [0.05, 0.1) is 11.7 Å². The van der Waals surface area contributed by atoms with Crippen molar-refractivity contribution in [3.63, 3.8) is 0 Å². The molecule has 0 amide bonds. The van der Waals surface area contributed by atoms with Crippen molar-refractivity contribution in [1.29, 1.82) is 0 Å². The number of esters is 8. The lowest BCUT2D eigenvalue weighted by atomic mass is 9.97. The molecule has 10 atom stereocenters. The maximum Gasteiger partial charge on any atom is 0.303 e. The number of carbonyl (C=O) groups is 8. The standard InChI is InChI=1S/C37H54N6O18S3/c1-18(44)52-15-26-28(54-20(3)46)30(56-22(5)48)32(58-24(7)50)34(60-26)41-36(63)39-10-13-43(12-9-38-17-62)14-11-40-37(64)42-35-33(59-25(8)51)31(57-23(6)49)29(55-21(4)47)27(61-35)16-53-19(2)45/h26-35H,9-16H2,1-8H3,(H2,39,41,63)(H2,40,42,64)/t26-,27-,28-,29-,30+,31+,32+,33+,34-,35-/m1/s1. The summed E-state index contributed by atoms with van der Waals surface area (Å²) in [5.41, 5.74) is 0. The van der Waals surface area contributed by atoms with Gasteiger partial charge in [0, 0.05) is 88.1 Å². The molecule has 4 N–H and O–H groups in total. The predicted molar refractivity (Wildman–Crippen MR) is 228 cm³/mol. The van der Waals surface area contributed by atoms with E-state index >= 15 is 0 Å². The number of isothiocyanates is 1. The second-order valence-corrected chi connectivity index (χ2v) is 14.9. The van der Waals surface area contributed by atoms with E-state index in [0.717, 1.165) is 55.4 Å². The van der Waals surface area contributed by atoms with E-state index in [1.807, 2.05) is 4.90 Å². The third kappa shape index (κ3) is 20.1. The second kappa shape index (κ2) is 27.9. The molecular formula is C37H54N6O18S3. The smallest absolute Gasteiger partial charge is 0.303 e. The van der Waals surface area contributed by atoms with Gasteiger partial charge in [0.15, 0.2) is 59.3 Å². The molecule has 64 heavy (non-hydrogen) atoms. The molecule has 0 radical (unpaired) electrons. The molecule has 2 fully saturated rings. The zero-order chi connectivity index (χ0) is 48.1. The zero-order valence-electron chi connectivity index (χ0n) is 36.4. The first-order chi connectivity index (χ1) is 30.1. The van der Waals surface area contributed by atoms with Gasteiger partial charge in [-0.25, -0.2) is 4.99 Å². The Morgan fingerprint density at radius 1 is 0.516 bits per heavy atom. The third-order valence-electron chi connectivity index (χ3n) is 8.55. The quantitative estimate of drug-likeness (QED) is 0.0440. The molecule has 0 saturated carbocycles. The maximum absolute atomic E-state index is 12.2. The van der Waals surface area contributed by atoms with Crippen LogP contribution in [0.5, 0.6) is 0 Å². The highest BCUT2D eigenvalue weighted by atomic mass is 32.1. The fourth-order valence-electron chi connectivity index (χ4n) is 6.28. The number of nitrogens with zero attached hydrogens (tertiary/aromatic N) is 2. The van der Waals surface area contributed by atoms with Gasteiger partial charge in [0.1, 0.15) is 25.4 Å². The first kappa shape index (κ1) is 55.0. The number of aliphatic imine (C=N–C) groups is 1. The summed E-state index contributed by atoms with van der Waals surface area (Å²) in [5, 5.41) is 14.1. The highest BCUT2D eigenvalue weighted by Gasteiger charge is 2.54. The van der Waals surface area contributed by atoms with E-state index in [1.54, 1.807) is 0 Å². The normalized spacial score (nSPS) is 24.8.